The molecule has 0 saturated carbocycles. The maximum Gasteiger partial charge on any atom is 0.295 e. The lowest BCUT2D eigenvalue weighted by Gasteiger charge is -2.27. The Morgan fingerprint density at radius 2 is 1.83 bits per heavy atom. The number of carbonyl (C=O) groups is 2. The van der Waals surface area contributed by atoms with Crippen molar-refractivity contribution in [3.63, 3.8) is 0 Å². The van der Waals surface area contributed by atoms with Crippen LogP contribution in [-0.2, 0) is 16.1 Å². The Bertz CT molecular complexity index is 1250. The number of benzene rings is 2. The summed E-state index contributed by atoms with van der Waals surface area (Å²) in [5, 5.41) is 11.3. The fourth-order valence-corrected chi connectivity index (χ4v) is 4.44. The fourth-order valence-electron chi connectivity index (χ4n) is 4.44. The van der Waals surface area contributed by atoms with Gasteiger partial charge in [0, 0.05) is 36.6 Å². The molecule has 1 N–H and O–H groups in total. The highest BCUT2D eigenvalue weighted by molar-refractivity contribution is 6.46. The molecule has 1 aromatic heterocycles. The second-order valence-corrected chi connectivity index (χ2v) is 8.19. The quantitative estimate of drug-likeness (QED) is 0.261. The predicted octanol–water partition coefficient (Wildman–Crippen LogP) is 3.81. The third-order valence-electron chi connectivity index (χ3n) is 6.08. The van der Waals surface area contributed by atoms with E-state index in [0.717, 1.165) is 0 Å². The molecule has 1 aliphatic rings. The van der Waals surface area contributed by atoms with Crippen LogP contribution in [0.15, 0.2) is 66.8 Å². The minimum atomic E-state index is -0.857. The Hall–Kier alpha value is -4.27. The number of ether oxygens (including phenoxy) is 3. The van der Waals surface area contributed by atoms with Crippen LogP contribution in [0.1, 0.15) is 30.5 Å². The number of hydrogen-bond acceptors (Lipinski definition) is 7. The van der Waals surface area contributed by atoms with Gasteiger partial charge in [-0.05, 0) is 43.7 Å². The average molecular weight is 492 g/mol. The molecule has 1 fully saturated rings. The van der Waals surface area contributed by atoms with Gasteiger partial charge in [-0.25, -0.2) is 4.98 Å². The Morgan fingerprint density at radius 1 is 1.06 bits per heavy atom. The number of nitrogens with zero attached hydrogens (tertiary/aromatic N) is 3. The highest BCUT2D eigenvalue weighted by Crippen LogP contribution is 2.45. The van der Waals surface area contributed by atoms with Crippen molar-refractivity contribution in [2.75, 3.05) is 27.4 Å². The first-order valence-corrected chi connectivity index (χ1v) is 11.7. The monoisotopic (exact) mass is 491 g/mol. The highest BCUT2D eigenvalue weighted by Gasteiger charge is 2.47. The van der Waals surface area contributed by atoms with E-state index in [0.29, 0.717) is 47.9 Å². The van der Waals surface area contributed by atoms with E-state index in [9.17, 15) is 14.7 Å². The van der Waals surface area contributed by atoms with E-state index in [2.05, 4.69) is 4.98 Å². The molecular formula is C27H29N3O6. The van der Waals surface area contributed by atoms with Crippen molar-refractivity contribution < 1.29 is 28.9 Å². The molecule has 9 nitrogen and oxygen atoms in total. The maximum atomic E-state index is 13.3. The van der Waals surface area contributed by atoms with Crippen molar-refractivity contribution in [1.29, 1.82) is 0 Å². The first-order chi connectivity index (χ1) is 17.5. The number of imidazole rings is 1. The number of para-hydroxylation sites is 1. The van der Waals surface area contributed by atoms with Gasteiger partial charge in [0.15, 0.2) is 11.5 Å². The number of aliphatic hydroxyl groups excluding tert-OH is 1. The summed E-state index contributed by atoms with van der Waals surface area (Å²) in [6.07, 6.45) is 5.80. The molecule has 1 aliphatic heterocycles. The van der Waals surface area contributed by atoms with Crippen LogP contribution in [0, 0.1) is 0 Å². The van der Waals surface area contributed by atoms with Gasteiger partial charge in [0.25, 0.3) is 11.7 Å². The van der Waals surface area contributed by atoms with E-state index < -0.39 is 17.7 Å². The van der Waals surface area contributed by atoms with E-state index in [1.807, 2.05) is 17.7 Å². The highest BCUT2D eigenvalue weighted by atomic mass is 16.5. The van der Waals surface area contributed by atoms with Gasteiger partial charge < -0.3 is 28.8 Å². The average Bonchev–Trinajstić information content (AvgIpc) is 3.50. The second kappa shape index (κ2) is 11.0. The van der Waals surface area contributed by atoms with Crippen LogP contribution in [0.4, 0.5) is 0 Å². The smallest absolute Gasteiger partial charge is 0.295 e. The molecule has 1 atom stereocenters. The lowest BCUT2D eigenvalue weighted by atomic mass is 9.94. The van der Waals surface area contributed by atoms with Crippen molar-refractivity contribution in [2.24, 2.45) is 0 Å². The third kappa shape index (κ3) is 4.77. The molecule has 0 spiro atoms. The van der Waals surface area contributed by atoms with Gasteiger partial charge in [-0.3, -0.25) is 9.59 Å². The normalized spacial score (nSPS) is 16.9. The Morgan fingerprint density at radius 3 is 2.47 bits per heavy atom. The van der Waals surface area contributed by atoms with Crippen LogP contribution in [0.5, 0.6) is 17.2 Å². The van der Waals surface area contributed by atoms with E-state index in [-0.39, 0.29) is 17.9 Å². The van der Waals surface area contributed by atoms with E-state index >= 15 is 0 Å². The number of carbonyl (C=O) groups excluding carboxylic acids is 2. The van der Waals surface area contributed by atoms with Crippen LogP contribution in [0.25, 0.3) is 5.76 Å². The minimum Gasteiger partial charge on any atom is -0.507 e. The van der Waals surface area contributed by atoms with E-state index in [1.165, 1.54) is 19.1 Å². The Balaban J connectivity index is 1.79. The van der Waals surface area contributed by atoms with Crippen molar-refractivity contribution in [1.82, 2.24) is 14.5 Å². The van der Waals surface area contributed by atoms with Gasteiger partial charge in [-0.1, -0.05) is 12.1 Å². The number of methoxy groups -OCH3 is 2. The number of aromatic nitrogens is 2. The first-order valence-electron chi connectivity index (χ1n) is 11.7. The summed E-state index contributed by atoms with van der Waals surface area (Å²) in [5.41, 5.74) is 0.950. The van der Waals surface area contributed by atoms with Gasteiger partial charge in [0.05, 0.1) is 38.8 Å². The SMILES string of the molecule is CCOc1ccc(/C(O)=C2\C(=O)C(=O)N(CCCn3ccnc3)[C@@H]2c2cccc(OC)c2OC)cc1. The summed E-state index contributed by atoms with van der Waals surface area (Å²) < 4.78 is 18.5. The van der Waals surface area contributed by atoms with Crippen molar-refractivity contribution >= 4 is 17.4 Å². The molecule has 9 heteroatoms. The molecule has 1 saturated heterocycles. The Kier molecular flexibility index (Phi) is 7.58. The zero-order chi connectivity index (χ0) is 25.7. The lowest BCUT2D eigenvalue weighted by molar-refractivity contribution is -0.140. The largest absolute Gasteiger partial charge is 0.507 e. The molecule has 3 aromatic rings. The van der Waals surface area contributed by atoms with Crippen LogP contribution in [-0.4, -0.2) is 58.6 Å². The zero-order valence-corrected chi connectivity index (χ0v) is 20.5. The lowest BCUT2D eigenvalue weighted by Crippen LogP contribution is -2.31. The number of Topliss-reactive ketones (excluding diaryl/α,β-unsaturated/α-hetero) is 1. The van der Waals surface area contributed by atoms with Crippen LogP contribution < -0.4 is 14.2 Å². The van der Waals surface area contributed by atoms with Crippen LogP contribution in [0.2, 0.25) is 0 Å². The number of hydrogen-bond donors (Lipinski definition) is 1. The first kappa shape index (κ1) is 24.8. The zero-order valence-electron chi connectivity index (χ0n) is 20.5. The second-order valence-electron chi connectivity index (χ2n) is 8.19. The van der Waals surface area contributed by atoms with Crippen molar-refractivity contribution in [2.45, 2.75) is 25.9 Å². The number of likely N-dealkylation sites (tertiary alicyclic amines) is 1. The van der Waals surface area contributed by atoms with Gasteiger partial charge >= 0.3 is 0 Å². The van der Waals surface area contributed by atoms with Crippen LogP contribution in [0.3, 0.4) is 0 Å². The summed E-state index contributed by atoms with van der Waals surface area (Å²) in [5.74, 6) is -0.200. The van der Waals surface area contributed by atoms with Crippen LogP contribution >= 0.6 is 0 Å². The number of amides is 1. The van der Waals surface area contributed by atoms with Crippen molar-refractivity contribution in [3.8, 4) is 17.2 Å². The fraction of sp³-hybridized carbons (Fsp3) is 0.296. The molecule has 36 heavy (non-hydrogen) atoms. The summed E-state index contributed by atoms with van der Waals surface area (Å²) in [7, 11) is 3.02. The molecule has 0 bridgehead atoms. The molecule has 2 aromatic carbocycles. The summed E-state index contributed by atoms with van der Waals surface area (Å²) >= 11 is 0. The molecule has 0 radical (unpaired) electrons. The number of aliphatic hydroxyl groups is 1. The van der Waals surface area contributed by atoms with Gasteiger partial charge in [-0.2, -0.15) is 0 Å². The van der Waals surface area contributed by atoms with E-state index in [4.69, 9.17) is 14.2 Å². The maximum absolute atomic E-state index is 13.3. The third-order valence-corrected chi connectivity index (χ3v) is 6.08. The predicted molar refractivity (Wildman–Crippen MR) is 133 cm³/mol. The summed E-state index contributed by atoms with van der Waals surface area (Å²) in [6, 6.07) is 11.1. The number of ketones is 1. The van der Waals surface area contributed by atoms with Gasteiger partial charge in [-0.15, -0.1) is 0 Å². The van der Waals surface area contributed by atoms with E-state index in [1.54, 1.807) is 55.0 Å². The summed E-state index contributed by atoms with van der Waals surface area (Å²) in [4.78, 5) is 32.1. The summed E-state index contributed by atoms with van der Waals surface area (Å²) in [6.45, 7) is 3.28. The molecule has 4 rings (SSSR count). The minimum absolute atomic E-state index is 0.00153. The molecule has 0 aliphatic carbocycles. The number of rotatable bonds is 10. The molecule has 2 heterocycles. The Labute approximate surface area is 209 Å². The molecule has 1 amide bonds. The topological polar surface area (TPSA) is 103 Å². The van der Waals surface area contributed by atoms with Crippen molar-refractivity contribution in [3.05, 3.63) is 77.9 Å². The van der Waals surface area contributed by atoms with Gasteiger partial charge in [0.1, 0.15) is 11.5 Å². The van der Waals surface area contributed by atoms with Gasteiger partial charge in [0.2, 0.25) is 0 Å². The standard InChI is InChI=1S/C27H29N3O6/c1-4-36-19-11-9-18(10-12-19)24(31)22-23(20-7-5-8-21(34-2)26(20)35-3)30(27(33)25(22)32)15-6-14-29-16-13-28-17-29/h5,7-13,16-17,23,31H,4,6,14-15H2,1-3H3/b24-22+/t23-/m1/s1. The number of aryl methyl sites for hydroxylation is 1. The molecule has 188 valence electrons. The molecular weight excluding hydrogens is 462 g/mol. The molecule has 0 unspecified atom stereocenters.